The second-order valence-corrected chi connectivity index (χ2v) is 11.4. The number of hydrogen-bond acceptors (Lipinski definition) is 6. The number of amides is 3. The molecular formula is C30H48ClN7O5. The molecule has 1 saturated carbocycles. The molecule has 0 radical (unpaired) electrons. The molecular weight excluding hydrogens is 574 g/mol. The first-order valence-corrected chi connectivity index (χ1v) is 14.5. The molecule has 2 fully saturated rings. The molecule has 1 saturated heterocycles. The van der Waals surface area contributed by atoms with Crippen molar-refractivity contribution in [3.8, 4) is 0 Å². The van der Waals surface area contributed by atoms with Crippen LogP contribution in [-0.4, -0.2) is 89.5 Å². The largest absolute Gasteiger partial charge is 0.481 e. The lowest BCUT2D eigenvalue weighted by atomic mass is 9.83. The van der Waals surface area contributed by atoms with Gasteiger partial charge in [-0.2, -0.15) is 0 Å². The molecule has 0 bridgehead atoms. The Morgan fingerprint density at radius 3 is 1.98 bits per heavy atom. The number of carboxylic acids is 1. The monoisotopic (exact) mass is 621 g/mol. The molecule has 1 aromatic rings. The van der Waals surface area contributed by atoms with E-state index >= 15 is 0 Å². The molecule has 2 atom stereocenters. The van der Waals surface area contributed by atoms with E-state index in [0.717, 1.165) is 70.5 Å². The molecule has 1 unspecified atom stereocenters. The van der Waals surface area contributed by atoms with E-state index in [4.69, 9.17) is 26.5 Å². The zero-order valence-corrected chi connectivity index (χ0v) is 26.5. The molecule has 1 aliphatic carbocycles. The lowest BCUT2D eigenvalue weighted by Crippen LogP contribution is -2.57. The van der Waals surface area contributed by atoms with Crippen molar-refractivity contribution >= 4 is 47.8 Å². The molecule has 1 aromatic carbocycles. The van der Waals surface area contributed by atoms with Crippen molar-refractivity contribution in [1.82, 2.24) is 20.4 Å². The van der Waals surface area contributed by atoms with Crippen LogP contribution in [0, 0.1) is 22.7 Å². The smallest absolute Gasteiger partial charge is 0.300 e. The van der Waals surface area contributed by atoms with Crippen molar-refractivity contribution < 1.29 is 24.3 Å². The molecule has 43 heavy (non-hydrogen) atoms. The van der Waals surface area contributed by atoms with E-state index in [1.165, 1.54) is 4.90 Å². The Balaban J connectivity index is 0.00000174. The number of piperidine rings is 1. The molecule has 1 aliphatic heterocycles. The Morgan fingerprint density at radius 2 is 1.51 bits per heavy atom. The average Bonchev–Trinajstić information content (AvgIpc) is 2.94. The first-order chi connectivity index (χ1) is 19.8. The maximum absolute atomic E-state index is 13.6. The van der Waals surface area contributed by atoms with E-state index in [-0.39, 0.29) is 48.4 Å². The third-order valence-electron chi connectivity index (χ3n) is 7.78. The number of carbonyl (C=O) groups is 4. The molecule has 3 amide bonds. The van der Waals surface area contributed by atoms with Gasteiger partial charge in [-0.1, -0.05) is 43.5 Å². The summed E-state index contributed by atoms with van der Waals surface area (Å²) < 4.78 is 0. The van der Waals surface area contributed by atoms with Crippen LogP contribution in [0.25, 0.3) is 0 Å². The van der Waals surface area contributed by atoms with Crippen molar-refractivity contribution in [3.05, 3.63) is 35.4 Å². The quantitative estimate of drug-likeness (QED) is 0.138. The number of aliphatic carboxylic acids is 1. The number of carbonyl (C=O) groups excluding carboxylic acids is 3. The molecule has 12 nitrogen and oxygen atoms in total. The van der Waals surface area contributed by atoms with E-state index in [0.29, 0.717) is 11.4 Å². The number of nitrogen functional groups attached to an aromatic ring is 1. The van der Waals surface area contributed by atoms with Crippen molar-refractivity contribution in [2.24, 2.45) is 17.6 Å². The first-order valence-electron chi connectivity index (χ1n) is 14.5. The van der Waals surface area contributed by atoms with Crippen LogP contribution in [0.15, 0.2) is 24.3 Å². The number of amidine groups is 2. The lowest BCUT2D eigenvalue weighted by Gasteiger charge is -2.36. The van der Waals surface area contributed by atoms with Gasteiger partial charge >= 0.3 is 0 Å². The second-order valence-electron chi connectivity index (χ2n) is 11.4. The van der Waals surface area contributed by atoms with Crippen LogP contribution < -0.4 is 16.4 Å². The molecule has 240 valence electrons. The number of rotatable bonds is 9. The highest BCUT2D eigenvalue weighted by Gasteiger charge is 2.36. The van der Waals surface area contributed by atoms with Crippen molar-refractivity contribution in [2.45, 2.75) is 77.3 Å². The minimum Gasteiger partial charge on any atom is -0.481 e. The van der Waals surface area contributed by atoms with Crippen LogP contribution in [0.1, 0.15) is 69.9 Å². The zero-order chi connectivity index (χ0) is 31.4. The number of nitrogens with two attached hydrogens (primary N) is 1. The summed E-state index contributed by atoms with van der Waals surface area (Å²) in [7, 11) is 3.24. The van der Waals surface area contributed by atoms with Gasteiger partial charge in [0.2, 0.25) is 17.7 Å². The number of benzene rings is 1. The Labute approximate surface area is 260 Å². The Hall–Kier alpha value is -3.67. The van der Waals surface area contributed by atoms with Crippen molar-refractivity contribution in [3.63, 3.8) is 0 Å². The molecule has 13 heteroatoms. The summed E-state index contributed by atoms with van der Waals surface area (Å²) in [5, 5.41) is 29.0. The fourth-order valence-electron chi connectivity index (χ4n) is 5.43. The molecule has 3 rings (SSSR count). The van der Waals surface area contributed by atoms with Gasteiger partial charge in [0.05, 0.1) is 5.84 Å². The highest BCUT2D eigenvalue weighted by molar-refractivity contribution is 6.02. The van der Waals surface area contributed by atoms with Crippen molar-refractivity contribution in [2.75, 3.05) is 27.2 Å². The van der Waals surface area contributed by atoms with Crippen LogP contribution in [0.3, 0.4) is 0 Å². The average molecular weight is 622 g/mol. The van der Waals surface area contributed by atoms with Gasteiger partial charge in [-0.05, 0) is 50.5 Å². The van der Waals surface area contributed by atoms with Gasteiger partial charge in [-0.3, -0.25) is 30.0 Å². The molecule has 0 aromatic heterocycles. The number of nitrogens with zero attached hydrogens (tertiary/aromatic N) is 2. The van der Waals surface area contributed by atoms with Crippen LogP contribution in [0.2, 0.25) is 0 Å². The number of carboxylic acid groups (broad SMARTS) is 1. The summed E-state index contributed by atoms with van der Waals surface area (Å²) in [5.74, 6) is -2.25. The number of nitrogens with one attached hydrogen (secondary N) is 4. The fourth-order valence-corrected chi connectivity index (χ4v) is 5.43. The van der Waals surface area contributed by atoms with E-state index in [1.807, 2.05) is 4.90 Å². The number of likely N-dealkylation sites (tertiary alicyclic amines) is 1. The van der Waals surface area contributed by atoms with E-state index in [9.17, 15) is 14.4 Å². The SMILES string of the molecule is CC(=N)N1CCC(NC(=O)[C@@H](NC(=O)C(Cc2ccc(C(=N)N)cc2)C(=O)N(C)C)C2CCCCC2)CC1.CC(=O)O.Cl. The van der Waals surface area contributed by atoms with Crippen LogP contribution in [-0.2, 0) is 25.6 Å². The summed E-state index contributed by atoms with van der Waals surface area (Å²) in [6, 6.07) is 6.26. The third-order valence-corrected chi connectivity index (χ3v) is 7.78. The molecule has 7 N–H and O–H groups in total. The normalized spacial score (nSPS) is 16.7. The molecule has 1 heterocycles. The minimum atomic E-state index is -0.981. The Bertz CT molecular complexity index is 1110. The van der Waals surface area contributed by atoms with Gasteiger partial charge in [-0.15, -0.1) is 12.4 Å². The van der Waals surface area contributed by atoms with Crippen molar-refractivity contribution in [1.29, 1.82) is 10.8 Å². The van der Waals surface area contributed by atoms with Crippen LogP contribution >= 0.6 is 12.4 Å². The summed E-state index contributed by atoms with van der Waals surface area (Å²) in [5.41, 5.74) is 6.90. The fraction of sp³-hybridized carbons (Fsp3) is 0.600. The van der Waals surface area contributed by atoms with Gasteiger partial charge in [0.1, 0.15) is 17.8 Å². The van der Waals surface area contributed by atoms with Gasteiger partial charge in [-0.25, -0.2) is 0 Å². The highest BCUT2D eigenvalue weighted by atomic mass is 35.5. The van der Waals surface area contributed by atoms with Crippen LogP contribution in [0.4, 0.5) is 0 Å². The molecule has 0 spiro atoms. The predicted molar refractivity (Wildman–Crippen MR) is 169 cm³/mol. The van der Waals surface area contributed by atoms with E-state index in [1.54, 1.807) is 45.3 Å². The van der Waals surface area contributed by atoms with Gasteiger partial charge < -0.3 is 31.3 Å². The standard InChI is InChI=1S/C28H43N7O3.C2H4O2.ClH/c1-18(29)35-15-13-22(14-16-35)32-27(37)24(20-7-5-4-6-8-20)33-26(36)23(28(38)34(2)3)17-19-9-11-21(12-10-19)25(30)31;1-2(3)4;/h9-12,20,22-24,29H,4-8,13-17H2,1-3H3,(H3,30,31)(H,32,37)(H,33,36);1H3,(H,3,4);1H/t23?,24-;;/m0../s1. The third kappa shape index (κ3) is 12.2. The zero-order valence-electron chi connectivity index (χ0n) is 25.7. The predicted octanol–water partition coefficient (Wildman–Crippen LogP) is 2.37. The Morgan fingerprint density at radius 1 is 0.977 bits per heavy atom. The summed E-state index contributed by atoms with van der Waals surface area (Å²) in [6.07, 6.45) is 6.58. The maximum Gasteiger partial charge on any atom is 0.300 e. The minimum absolute atomic E-state index is 0. The summed E-state index contributed by atoms with van der Waals surface area (Å²) in [4.78, 5) is 52.6. The summed E-state index contributed by atoms with van der Waals surface area (Å²) >= 11 is 0. The lowest BCUT2D eigenvalue weighted by molar-refractivity contribution is -0.142. The number of halogens is 1. The van der Waals surface area contributed by atoms with Gasteiger partial charge in [0.15, 0.2) is 0 Å². The van der Waals surface area contributed by atoms with E-state index in [2.05, 4.69) is 10.6 Å². The summed E-state index contributed by atoms with van der Waals surface area (Å²) in [6.45, 7) is 4.31. The van der Waals surface area contributed by atoms with Gasteiger partial charge in [0.25, 0.3) is 5.97 Å². The Kier molecular flexibility index (Phi) is 15.7. The van der Waals surface area contributed by atoms with Gasteiger partial charge in [0, 0.05) is 45.7 Å². The highest BCUT2D eigenvalue weighted by Crippen LogP contribution is 2.27. The second kappa shape index (κ2) is 18.1. The maximum atomic E-state index is 13.6. The topological polar surface area (TPSA) is 193 Å². The first kappa shape index (κ1) is 37.4. The van der Waals surface area contributed by atoms with E-state index < -0.39 is 23.8 Å². The van der Waals surface area contributed by atoms with Crippen LogP contribution in [0.5, 0.6) is 0 Å². The number of hydrogen-bond donors (Lipinski definition) is 6. The molecule has 2 aliphatic rings.